The molecule has 0 saturated carbocycles. The van der Waals surface area contributed by atoms with E-state index < -0.39 is 0 Å². The Labute approximate surface area is 84.9 Å². The lowest BCUT2D eigenvalue weighted by atomic mass is 10.2. The van der Waals surface area contributed by atoms with Crippen molar-refractivity contribution in [3.63, 3.8) is 0 Å². The topological polar surface area (TPSA) is 74.6 Å². The highest BCUT2D eigenvalue weighted by atomic mass is 16.3. The molecule has 0 spiro atoms. The van der Waals surface area contributed by atoms with Gasteiger partial charge in [-0.3, -0.25) is 0 Å². The number of carbonyl (C=O) groups excluding carboxylic acids is 2. The molecule has 0 bridgehead atoms. The number of carbonyl (C=O) groups is 2. The highest BCUT2D eigenvalue weighted by molar-refractivity contribution is 5.52. The first-order valence-corrected chi connectivity index (χ1v) is 4.92. The molecule has 0 heterocycles. The Kier molecular flexibility index (Phi) is 20.4. The Balaban J connectivity index is 0. The largest absolute Gasteiger partial charge is 0.396 e. The van der Waals surface area contributed by atoms with E-state index in [1.54, 1.807) is 0 Å². The number of aliphatic hydroxyl groups is 2. The van der Waals surface area contributed by atoms with E-state index in [1.165, 1.54) is 0 Å². The van der Waals surface area contributed by atoms with E-state index in [4.69, 9.17) is 10.2 Å². The number of unbranched alkanes of at least 4 members (excludes halogenated alkanes) is 4. The van der Waals surface area contributed by atoms with E-state index in [-0.39, 0.29) is 13.2 Å². The third kappa shape index (κ3) is 22.5. The molecule has 0 saturated heterocycles. The van der Waals surface area contributed by atoms with Gasteiger partial charge in [0, 0.05) is 26.1 Å². The molecule has 4 nitrogen and oxygen atoms in total. The maximum atomic E-state index is 9.56. The van der Waals surface area contributed by atoms with Crippen molar-refractivity contribution in [2.24, 2.45) is 0 Å². The van der Waals surface area contributed by atoms with Gasteiger partial charge >= 0.3 is 0 Å². The summed E-state index contributed by atoms with van der Waals surface area (Å²) in [5.41, 5.74) is 0. The third-order valence-corrected chi connectivity index (χ3v) is 1.46. The van der Waals surface area contributed by atoms with Gasteiger partial charge in [0.1, 0.15) is 12.6 Å². The molecule has 0 aromatic rings. The van der Waals surface area contributed by atoms with Gasteiger partial charge in [-0.05, 0) is 25.7 Å². The molecule has 14 heavy (non-hydrogen) atoms. The SMILES string of the molecule is O=CCCCC=O.OCCCCCO. The van der Waals surface area contributed by atoms with Crippen LogP contribution >= 0.6 is 0 Å². The van der Waals surface area contributed by atoms with Gasteiger partial charge in [0.2, 0.25) is 0 Å². The summed E-state index contributed by atoms with van der Waals surface area (Å²) >= 11 is 0. The maximum Gasteiger partial charge on any atom is 0.120 e. The second-order valence-corrected chi connectivity index (χ2v) is 2.77. The zero-order valence-electron chi connectivity index (χ0n) is 8.52. The quantitative estimate of drug-likeness (QED) is 0.450. The average molecular weight is 204 g/mol. The molecule has 2 N–H and O–H groups in total. The molecule has 0 unspecified atom stereocenters. The van der Waals surface area contributed by atoms with Crippen molar-refractivity contribution in [1.82, 2.24) is 0 Å². The normalized spacial score (nSPS) is 8.71. The van der Waals surface area contributed by atoms with Crippen molar-refractivity contribution in [1.29, 1.82) is 0 Å². The van der Waals surface area contributed by atoms with Crippen LogP contribution in [0.25, 0.3) is 0 Å². The second-order valence-electron chi connectivity index (χ2n) is 2.77. The molecule has 0 aliphatic rings. The van der Waals surface area contributed by atoms with Crippen LogP contribution in [0.15, 0.2) is 0 Å². The van der Waals surface area contributed by atoms with Gasteiger partial charge < -0.3 is 19.8 Å². The minimum Gasteiger partial charge on any atom is -0.396 e. The highest BCUT2D eigenvalue weighted by Crippen LogP contribution is 1.90. The van der Waals surface area contributed by atoms with Gasteiger partial charge in [0.15, 0.2) is 0 Å². The van der Waals surface area contributed by atoms with E-state index in [0.717, 1.165) is 31.8 Å². The standard InChI is InChI=1S/C5H12O2.C5H8O2/c2*6-4-2-1-3-5-7/h6-7H,1-5H2;4-5H,1-3H2. The van der Waals surface area contributed by atoms with E-state index in [2.05, 4.69) is 0 Å². The molecule has 0 aliphatic carbocycles. The first-order valence-electron chi connectivity index (χ1n) is 4.92. The monoisotopic (exact) mass is 204 g/mol. The zero-order chi connectivity index (χ0) is 11.1. The van der Waals surface area contributed by atoms with Crippen LogP contribution in [-0.4, -0.2) is 36.0 Å². The Morgan fingerprint density at radius 2 is 1.14 bits per heavy atom. The smallest absolute Gasteiger partial charge is 0.120 e. The molecule has 0 aliphatic heterocycles. The molecule has 0 aromatic carbocycles. The van der Waals surface area contributed by atoms with Gasteiger partial charge in [-0.25, -0.2) is 0 Å². The van der Waals surface area contributed by atoms with Crippen molar-refractivity contribution in [3.8, 4) is 0 Å². The van der Waals surface area contributed by atoms with Crippen LogP contribution in [0.2, 0.25) is 0 Å². The van der Waals surface area contributed by atoms with Crippen LogP contribution in [0.5, 0.6) is 0 Å². The lowest BCUT2D eigenvalue weighted by Gasteiger charge is -1.90. The van der Waals surface area contributed by atoms with E-state index in [0.29, 0.717) is 19.3 Å². The Morgan fingerprint density at radius 1 is 0.714 bits per heavy atom. The molecule has 0 aromatic heterocycles. The van der Waals surface area contributed by atoms with Gasteiger partial charge in [-0.15, -0.1) is 0 Å². The van der Waals surface area contributed by atoms with Crippen LogP contribution in [0.4, 0.5) is 0 Å². The number of rotatable bonds is 8. The Morgan fingerprint density at radius 3 is 1.43 bits per heavy atom. The zero-order valence-corrected chi connectivity index (χ0v) is 8.52. The van der Waals surface area contributed by atoms with Crippen molar-refractivity contribution in [3.05, 3.63) is 0 Å². The van der Waals surface area contributed by atoms with Crippen molar-refractivity contribution in [2.45, 2.75) is 38.5 Å². The summed E-state index contributed by atoms with van der Waals surface area (Å²) in [5.74, 6) is 0. The summed E-state index contributed by atoms with van der Waals surface area (Å²) < 4.78 is 0. The first-order chi connectivity index (χ1) is 6.83. The van der Waals surface area contributed by atoms with Gasteiger partial charge in [0.25, 0.3) is 0 Å². The number of hydrogen-bond donors (Lipinski definition) is 2. The second kappa shape index (κ2) is 18.1. The summed E-state index contributed by atoms with van der Waals surface area (Å²) in [6.07, 6.45) is 5.95. The molecule has 0 radical (unpaired) electrons. The van der Waals surface area contributed by atoms with Crippen LogP contribution in [0.1, 0.15) is 38.5 Å². The fraction of sp³-hybridized carbons (Fsp3) is 0.800. The molecule has 0 fully saturated rings. The molecular formula is C10H20O4. The summed E-state index contributed by atoms with van der Waals surface area (Å²) in [4.78, 5) is 19.1. The lowest BCUT2D eigenvalue weighted by molar-refractivity contribution is -0.108. The van der Waals surface area contributed by atoms with Gasteiger partial charge in [0.05, 0.1) is 0 Å². The highest BCUT2D eigenvalue weighted by Gasteiger charge is 1.81. The van der Waals surface area contributed by atoms with Crippen LogP contribution in [0, 0.1) is 0 Å². The van der Waals surface area contributed by atoms with Gasteiger partial charge in [-0.2, -0.15) is 0 Å². The molecule has 0 atom stereocenters. The fourth-order valence-electron chi connectivity index (χ4n) is 0.685. The minimum absolute atomic E-state index is 0.250. The van der Waals surface area contributed by atoms with Crippen molar-refractivity contribution < 1.29 is 19.8 Å². The van der Waals surface area contributed by atoms with Crippen molar-refractivity contribution >= 4 is 12.6 Å². The number of aliphatic hydroxyl groups excluding tert-OH is 2. The van der Waals surface area contributed by atoms with Gasteiger partial charge in [-0.1, -0.05) is 0 Å². The first kappa shape index (κ1) is 15.7. The van der Waals surface area contributed by atoms with E-state index in [9.17, 15) is 9.59 Å². The number of aldehydes is 2. The summed E-state index contributed by atoms with van der Waals surface area (Å²) in [6.45, 7) is 0.500. The maximum absolute atomic E-state index is 9.56. The van der Waals surface area contributed by atoms with Crippen LogP contribution in [-0.2, 0) is 9.59 Å². The van der Waals surface area contributed by atoms with Crippen LogP contribution < -0.4 is 0 Å². The fourth-order valence-corrected chi connectivity index (χ4v) is 0.685. The Bertz CT molecular complexity index is 103. The predicted molar refractivity (Wildman–Crippen MR) is 54.0 cm³/mol. The summed E-state index contributed by atoms with van der Waals surface area (Å²) in [7, 11) is 0. The molecule has 84 valence electrons. The lowest BCUT2D eigenvalue weighted by Crippen LogP contribution is -1.85. The van der Waals surface area contributed by atoms with E-state index in [1.807, 2.05) is 0 Å². The Hall–Kier alpha value is -0.740. The molecule has 0 rings (SSSR count). The van der Waals surface area contributed by atoms with Crippen molar-refractivity contribution in [2.75, 3.05) is 13.2 Å². The summed E-state index contributed by atoms with van der Waals surface area (Å²) in [6, 6.07) is 0. The average Bonchev–Trinajstić information content (AvgIpc) is 2.21. The predicted octanol–water partition coefficient (Wildman–Crippen LogP) is 0.696. The number of hydrogen-bond acceptors (Lipinski definition) is 4. The summed E-state index contributed by atoms with van der Waals surface area (Å²) in [5, 5.41) is 16.4. The molecular weight excluding hydrogens is 184 g/mol. The molecule has 0 amide bonds. The van der Waals surface area contributed by atoms with E-state index >= 15 is 0 Å². The third-order valence-electron chi connectivity index (χ3n) is 1.46. The van der Waals surface area contributed by atoms with Crippen LogP contribution in [0.3, 0.4) is 0 Å². The molecule has 4 heteroatoms. The minimum atomic E-state index is 0.250.